The Hall–Kier alpha value is -2.10. The van der Waals surface area contributed by atoms with Crippen molar-refractivity contribution < 1.29 is 0 Å². The fourth-order valence-electron chi connectivity index (χ4n) is 2.81. The fourth-order valence-corrected chi connectivity index (χ4v) is 2.81. The number of rotatable bonds is 4. The lowest BCUT2D eigenvalue weighted by Gasteiger charge is -2.18. The molecular weight excluding hydrogens is 260 g/mol. The molecule has 4 nitrogen and oxygen atoms in total. The van der Waals surface area contributed by atoms with Gasteiger partial charge in [0.05, 0.1) is 0 Å². The quantitative estimate of drug-likeness (QED) is 0.928. The molecular formula is C17H22N4. The number of anilines is 3. The Labute approximate surface area is 126 Å². The zero-order valence-electron chi connectivity index (χ0n) is 12.8. The monoisotopic (exact) mass is 282 g/mol. The SMILES string of the molecule is CCc1ccccc1Nc1cc(N2CCCC2)nc(C)n1. The van der Waals surface area contributed by atoms with Crippen LogP contribution in [0, 0.1) is 6.92 Å². The van der Waals surface area contributed by atoms with Crippen LogP contribution in [0.1, 0.15) is 31.2 Å². The van der Waals surface area contributed by atoms with Crippen LogP contribution < -0.4 is 10.2 Å². The van der Waals surface area contributed by atoms with Crippen molar-refractivity contribution in [3.8, 4) is 0 Å². The topological polar surface area (TPSA) is 41.0 Å². The molecule has 0 radical (unpaired) electrons. The molecule has 3 rings (SSSR count). The van der Waals surface area contributed by atoms with E-state index in [1.807, 2.05) is 6.92 Å². The third-order valence-electron chi connectivity index (χ3n) is 3.92. The summed E-state index contributed by atoms with van der Waals surface area (Å²) >= 11 is 0. The maximum Gasteiger partial charge on any atom is 0.136 e. The average Bonchev–Trinajstić information content (AvgIpc) is 3.01. The summed E-state index contributed by atoms with van der Waals surface area (Å²) in [6, 6.07) is 10.4. The van der Waals surface area contributed by atoms with E-state index in [-0.39, 0.29) is 0 Å². The summed E-state index contributed by atoms with van der Waals surface area (Å²) < 4.78 is 0. The molecule has 0 aliphatic carbocycles. The second kappa shape index (κ2) is 6.12. The Bertz CT molecular complexity index is 618. The summed E-state index contributed by atoms with van der Waals surface area (Å²) in [6.45, 7) is 6.32. The highest BCUT2D eigenvalue weighted by Crippen LogP contribution is 2.24. The smallest absolute Gasteiger partial charge is 0.136 e. The first-order valence-corrected chi connectivity index (χ1v) is 7.72. The van der Waals surface area contributed by atoms with Crippen LogP contribution in [-0.4, -0.2) is 23.1 Å². The molecule has 110 valence electrons. The van der Waals surface area contributed by atoms with Crippen LogP contribution in [0.3, 0.4) is 0 Å². The molecule has 2 aromatic rings. The molecule has 1 aliphatic rings. The molecule has 21 heavy (non-hydrogen) atoms. The van der Waals surface area contributed by atoms with Crippen LogP contribution in [0.15, 0.2) is 30.3 Å². The van der Waals surface area contributed by atoms with Crippen molar-refractivity contribution in [2.75, 3.05) is 23.3 Å². The summed E-state index contributed by atoms with van der Waals surface area (Å²) in [6.07, 6.45) is 3.52. The second-order valence-electron chi connectivity index (χ2n) is 5.49. The van der Waals surface area contributed by atoms with Gasteiger partial charge in [0.2, 0.25) is 0 Å². The number of nitrogens with one attached hydrogen (secondary N) is 1. The molecule has 4 heteroatoms. The van der Waals surface area contributed by atoms with Crippen LogP contribution in [0.5, 0.6) is 0 Å². The minimum atomic E-state index is 0.816. The lowest BCUT2D eigenvalue weighted by atomic mass is 10.1. The highest BCUT2D eigenvalue weighted by molar-refractivity contribution is 5.63. The van der Waals surface area contributed by atoms with Crippen molar-refractivity contribution in [2.24, 2.45) is 0 Å². The molecule has 0 atom stereocenters. The van der Waals surface area contributed by atoms with E-state index >= 15 is 0 Å². The molecule has 1 aromatic heterocycles. The highest BCUT2D eigenvalue weighted by atomic mass is 15.2. The molecule has 1 aliphatic heterocycles. The Balaban J connectivity index is 1.88. The highest BCUT2D eigenvalue weighted by Gasteiger charge is 2.15. The third kappa shape index (κ3) is 3.15. The predicted molar refractivity (Wildman–Crippen MR) is 87.3 cm³/mol. The van der Waals surface area contributed by atoms with Crippen molar-refractivity contribution in [3.05, 3.63) is 41.7 Å². The first-order valence-electron chi connectivity index (χ1n) is 7.72. The molecule has 1 saturated heterocycles. The number of benzene rings is 1. The largest absolute Gasteiger partial charge is 0.356 e. The Morgan fingerprint density at radius 1 is 1.14 bits per heavy atom. The average molecular weight is 282 g/mol. The van der Waals surface area contributed by atoms with Gasteiger partial charge < -0.3 is 10.2 Å². The molecule has 0 unspecified atom stereocenters. The van der Waals surface area contributed by atoms with E-state index in [0.717, 1.165) is 42.7 Å². The van der Waals surface area contributed by atoms with Crippen molar-refractivity contribution >= 4 is 17.3 Å². The number of hydrogen-bond acceptors (Lipinski definition) is 4. The van der Waals surface area contributed by atoms with E-state index in [4.69, 9.17) is 0 Å². The maximum absolute atomic E-state index is 4.57. The van der Waals surface area contributed by atoms with Gasteiger partial charge in [-0.3, -0.25) is 0 Å². The first-order chi connectivity index (χ1) is 10.3. The van der Waals surface area contributed by atoms with Gasteiger partial charge >= 0.3 is 0 Å². The minimum absolute atomic E-state index is 0.816. The summed E-state index contributed by atoms with van der Waals surface area (Å²) in [5, 5.41) is 3.45. The van der Waals surface area contributed by atoms with Crippen LogP contribution in [-0.2, 0) is 6.42 Å². The number of nitrogens with zero attached hydrogens (tertiary/aromatic N) is 3. The maximum atomic E-state index is 4.57. The van der Waals surface area contributed by atoms with Gasteiger partial charge in [0, 0.05) is 24.8 Å². The minimum Gasteiger partial charge on any atom is -0.356 e. The summed E-state index contributed by atoms with van der Waals surface area (Å²) in [5.74, 6) is 2.73. The standard InChI is InChI=1S/C17H22N4/c1-3-14-8-4-5-9-15(14)20-16-12-17(19-13(2)18-16)21-10-6-7-11-21/h4-5,8-9,12H,3,6-7,10-11H2,1-2H3,(H,18,19,20). The number of para-hydroxylation sites is 1. The predicted octanol–water partition coefficient (Wildman–Crippen LogP) is 3.69. The molecule has 2 heterocycles. The number of hydrogen-bond donors (Lipinski definition) is 1. The molecule has 1 aromatic carbocycles. The van der Waals surface area contributed by atoms with E-state index in [1.165, 1.54) is 18.4 Å². The van der Waals surface area contributed by atoms with Crippen molar-refractivity contribution in [1.82, 2.24) is 9.97 Å². The zero-order valence-corrected chi connectivity index (χ0v) is 12.8. The van der Waals surface area contributed by atoms with Gasteiger partial charge in [-0.2, -0.15) is 0 Å². The summed E-state index contributed by atoms with van der Waals surface area (Å²) in [4.78, 5) is 11.4. The van der Waals surface area contributed by atoms with Gasteiger partial charge in [0.15, 0.2) is 0 Å². The summed E-state index contributed by atoms with van der Waals surface area (Å²) in [5.41, 5.74) is 2.43. The van der Waals surface area contributed by atoms with Gasteiger partial charge in [-0.1, -0.05) is 25.1 Å². The first kappa shape index (κ1) is 13.9. The van der Waals surface area contributed by atoms with Crippen LogP contribution in [0.25, 0.3) is 0 Å². The van der Waals surface area contributed by atoms with Gasteiger partial charge in [0.1, 0.15) is 17.5 Å². The Morgan fingerprint density at radius 3 is 2.67 bits per heavy atom. The second-order valence-corrected chi connectivity index (χ2v) is 5.49. The normalized spacial score (nSPS) is 14.5. The zero-order chi connectivity index (χ0) is 14.7. The van der Waals surface area contributed by atoms with Gasteiger partial charge in [-0.15, -0.1) is 0 Å². The number of aryl methyl sites for hydroxylation is 2. The lowest BCUT2D eigenvalue weighted by Crippen LogP contribution is -2.19. The third-order valence-corrected chi connectivity index (χ3v) is 3.92. The van der Waals surface area contributed by atoms with Crippen LogP contribution >= 0.6 is 0 Å². The lowest BCUT2D eigenvalue weighted by molar-refractivity contribution is 0.911. The molecule has 0 amide bonds. The van der Waals surface area contributed by atoms with Crippen molar-refractivity contribution in [3.63, 3.8) is 0 Å². The Morgan fingerprint density at radius 2 is 1.90 bits per heavy atom. The van der Waals surface area contributed by atoms with Crippen LogP contribution in [0.4, 0.5) is 17.3 Å². The van der Waals surface area contributed by atoms with Crippen molar-refractivity contribution in [1.29, 1.82) is 0 Å². The number of aromatic nitrogens is 2. The van der Waals surface area contributed by atoms with E-state index in [1.54, 1.807) is 0 Å². The van der Waals surface area contributed by atoms with Gasteiger partial charge in [-0.05, 0) is 37.8 Å². The van der Waals surface area contributed by atoms with E-state index in [9.17, 15) is 0 Å². The van der Waals surface area contributed by atoms with Crippen LogP contribution in [0.2, 0.25) is 0 Å². The summed E-state index contributed by atoms with van der Waals surface area (Å²) in [7, 11) is 0. The van der Waals surface area contributed by atoms with E-state index < -0.39 is 0 Å². The van der Waals surface area contributed by atoms with E-state index in [2.05, 4.69) is 57.4 Å². The molecule has 0 bridgehead atoms. The van der Waals surface area contributed by atoms with Gasteiger partial charge in [-0.25, -0.2) is 9.97 Å². The van der Waals surface area contributed by atoms with Crippen molar-refractivity contribution in [2.45, 2.75) is 33.1 Å². The molecule has 1 fully saturated rings. The Kier molecular flexibility index (Phi) is 4.04. The molecule has 0 saturated carbocycles. The molecule has 0 spiro atoms. The van der Waals surface area contributed by atoms with Gasteiger partial charge in [0.25, 0.3) is 0 Å². The van der Waals surface area contributed by atoms with E-state index in [0.29, 0.717) is 0 Å². The molecule has 1 N–H and O–H groups in total. The fraction of sp³-hybridized carbons (Fsp3) is 0.412.